The van der Waals surface area contributed by atoms with Crippen molar-refractivity contribution in [3.05, 3.63) is 106 Å². The second kappa shape index (κ2) is 9.52. The van der Waals surface area contributed by atoms with E-state index in [-0.39, 0.29) is 21.8 Å². The highest BCUT2D eigenvalue weighted by atomic mass is 32.2. The molecule has 1 aliphatic rings. The SMILES string of the molecule is CC.CC.O=c1c2ccc3c4ccc5c(=O)n6c7ccccc7nc6c6cc7c(c8c(cc(c2c38)c2nc3ccccc3n12)OS7(=O)=O)c4c56. The predicted molar refractivity (Wildman–Crippen MR) is 201 cm³/mol. The lowest BCUT2D eigenvalue weighted by Crippen LogP contribution is -2.18. The number of benzene rings is 7. The minimum absolute atomic E-state index is 0.00887. The molecule has 0 atom stereocenters. The number of imidazole rings is 2. The Bertz CT molecular complexity index is 3510. The van der Waals surface area contributed by atoms with E-state index in [0.717, 1.165) is 16.2 Å². The van der Waals surface area contributed by atoms with Gasteiger partial charge in [0.05, 0.1) is 22.1 Å². The van der Waals surface area contributed by atoms with Gasteiger partial charge in [0.25, 0.3) is 11.1 Å². The van der Waals surface area contributed by atoms with Crippen molar-refractivity contribution in [1.82, 2.24) is 18.8 Å². The van der Waals surface area contributed by atoms with E-state index in [1.54, 1.807) is 20.9 Å². The van der Waals surface area contributed by atoms with Gasteiger partial charge in [-0.25, -0.2) is 9.97 Å². The molecule has 0 N–H and O–H groups in total. The van der Waals surface area contributed by atoms with Crippen molar-refractivity contribution in [2.24, 2.45) is 0 Å². The molecule has 0 bridgehead atoms. The van der Waals surface area contributed by atoms with Gasteiger partial charge < -0.3 is 4.18 Å². The molecule has 0 saturated heterocycles. The van der Waals surface area contributed by atoms with E-state index in [2.05, 4.69) is 0 Å². The average molecular weight is 675 g/mol. The number of fused-ring (bicyclic) bond motifs is 9. The van der Waals surface area contributed by atoms with Crippen molar-refractivity contribution in [1.29, 1.82) is 0 Å². The molecule has 0 radical (unpaired) electrons. The zero-order chi connectivity index (χ0) is 34.4. The van der Waals surface area contributed by atoms with Gasteiger partial charge in [-0.3, -0.25) is 18.4 Å². The molecule has 0 fully saturated rings. The van der Waals surface area contributed by atoms with E-state index in [1.165, 1.54) is 0 Å². The van der Waals surface area contributed by atoms with Crippen molar-refractivity contribution in [3.63, 3.8) is 0 Å². The molecule has 0 aliphatic carbocycles. The highest BCUT2D eigenvalue weighted by molar-refractivity contribution is 7.87. The zero-order valence-corrected chi connectivity index (χ0v) is 28.1. The maximum atomic E-state index is 14.1. The van der Waals surface area contributed by atoms with E-state index in [4.69, 9.17) is 14.2 Å². The Kier molecular flexibility index (Phi) is 5.49. The Balaban J connectivity index is 0.000000767. The third-order valence-electron chi connectivity index (χ3n) is 9.97. The Hall–Kier alpha value is -6.13. The van der Waals surface area contributed by atoms with Crippen molar-refractivity contribution >= 4 is 108 Å². The third kappa shape index (κ3) is 3.16. The van der Waals surface area contributed by atoms with Crippen molar-refractivity contribution < 1.29 is 12.6 Å². The molecule has 0 saturated carbocycles. The molecule has 12 rings (SSSR count). The van der Waals surface area contributed by atoms with Crippen LogP contribution in [0.15, 0.2) is 99.4 Å². The number of nitrogens with zero attached hydrogens (tertiary/aromatic N) is 4. The largest absolute Gasteiger partial charge is 0.378 e. The fraction of sp³-hybridized carbons (Fsp3) is 0.100. The van der Waals surface area contributed by atoms with Gasteiger partial charge in [-0.05, 0) is 59.3 Å². The Morgan fingerprint density at radius 2 is 0.980 bits per heavy atom. The second-order valence-electron chi connectivity index (χ2n) is 12.1. The van der Waals surface area contributed by atoms with Gasteiger partial charge in [-0.2, -0.15) is 8.42 Å². The molecule has 0 unspecified atom stereocenters. The second-order valence-corrected chi connectivity index (χ2v) is 13.6. The first kappa shape index (κ1) is 28.8. The number of para-hydroxylation sites is 4. The lowest BCUT2D eigenvalue weighted by molar-refractivity contribution is 0.488. The van der Waals surface area contributed by atoms with Gasteiger partial charge >= 0.3 is 10.1 Å². The molecule has 5 heterocycles. The Morgan fingerprint density at radius 3 is 1.52 bits per heavy atom. The molecule has 0 spiro atoms. The van der Waals surface area contributed by atoms with Gasteiger partial charge in [0, 0.05) is 53.9 Å². The first-order valence-corrected chi connectivity index (χ1v) is 18.1. The van der Waals surface area contributed by atoms with Gasteiger partial charge in [-0.15, -0.1) is 0 Å². The average Bonchev–Trinajstić information content (AvgIpc) is 3.74. The number of rotatable bonds is 0. The first-order valence-electron chi connectivity index (χ1n) is 16.7. The quantitative estimate of drug-likeness (QED) is 0.0902. The maximum Gasteiger partial charge on any atom is 0.339 e. The predicted octanol–water partition coefficient (Wildman–Crippen LogP) is 8.37. The van der Waals surface area contributed by atoms with Crippen LogP contribution in [0.25, 0.3) is 98.0 Å². The summed E-state index contributed by atoms with van der Waals surface area (Å²) in [6.45, 7) is 8.00. The Morgan fingerprint density at radius 1 is 0.520 bits per heavy atom. The van der Waals surface area contributed by atoms with Gasteiger partial charge in [0.1, 0.15) is 16.2 Å². The van der Waals surface area contributed by atoms with Crippen LogP contribution in [0.1, 0.15) is 27.7 Å². The number of pyridine rings is 2. The summed E-state index contributed by atoms with van der Waals surface area (Å²) in [4.78, 5) is 37.9. The van der Waals surface area contributed by atoms with Crippen LogP contribution >= 0.6 is 0 Å². The van der Waals surface area contributed by atoms with Crippen LogP contribution in [0.2, 0.25) is 0 Å². The summed E-state index contributed by atoms with van der Waals surface area (Å²) >= 11 is 0. The first-order chi connectivity index (χ1) is 24.4. The lowest BCUT2D eigenvalue weighted by atomic mass is 9.85. The van der Waals surface area contributed by atoms with Crippen LogP contribution in [-0.4, -0.2) is 27.2 Å². The van der Waals surface area contributed by atoms with Crippen molar-refractivity contribution in [2.45, 2.75) is 32.6 Å². The van der Waals surface area contributed by atoms with Crippen LogP contribution in [0, 0.1) is 0 Å². The number of hydrogen-bond acceptors (Lipinski definition) is 7. The van der Waals surface area contributed by atoms with E-state index in [1.807, 2.05) is 100 Å². The molecule has 10 heteroatoms. The molecule has 1 aliphatic heterocycles. The van der Waals surface area contributed by atoms with Crippen LogP contribution in [0.5, 0.6) is 5.75 Å². The smallest absolute Gasteiger partial charge is 0.339 e. The molecule has 9 nitrogen and oxygen atoms in total. The van der Waals surface area contributed by atoms with E-state index >= 15 is 0 Å². The van der Waals surface area contributed by atoms with Crippen molar-refractivity contribution in [3.8, 4) is 5.75 Å². The van der Waals surface area contributed by atoms with Gasteiger partial charge in [-0.1, -0.05) is 64.1 Å². The number of aromatic nitrogens is 4. The molecular weight excluding hydrogens is 649 g/mol. The highest BCUT2D eigenvalue weighted by Gasteiger charge is 2.35. The maximum absolute atomic E-state index is 14.1. The highest BCUT2D eigenvalue weighted by Crippen LogP contribution is 2.53. The minimum atomic E-state index is -4.31. The summed E-state index contributed by atoms with van der Waals surface area (Å²) in [5.74, 6) is 0.169. The molecule has 7 aromatic carbocycles. The fourth-order valence-electron chi connectivity index (χ4n) is 8.23. The summed E-state index contributed by atoms with van der Waals surface area (Å²) in [6.07, 6.45) is 0. The summed E-state index contributed by atoms with van der Waals surface area (Å²) in [7, 11) is -4.31. The van der Waals surface area contributed by atoms with E-state index in [9.17, 15) is 18.0 Å². The fourth-order valence-corrected chi connectivity index (χ4v) is 9.40. The molecule has 11 aromatic rings. The summed E-state index contributed by atoms with van der Waals surface area (Å²) in [5, 5.41) is 7.58. The number of hydrogen-bond donors (Lipinski definition) is 0. The van der Waals surface area contributed by atoms with E-state index in [0.29, 0.717) is 81.8 Å². The van der Waals surface area contributed by atoms with Crippen molar-refractivity contribution in [2.75, 3.05) is 0 Å². The zero-order valence-electron chi connectivity index (χ0n) is 27.3. The van der Waals surface area contributed by atoms with Gasteiger partial charge in [0.15, 0.2) is 5.75 Å². The minimum Gasteiger partial charge on any atom is -0.378 e. The van der Waals surface area contributed by atoms with Gasteiger partial charge in [0.2, 0.25) is 0 Å². The monoisotopic (exact) mass is 674 g/mol. The third-order valence-corrected chi connectivity index (χ3v) is 11.2. The topological polar surface area (TPSA) is 112 Å². The summed E-state index contributed by atoms with van der Waals surface area (Å²) < 4.78 is 37.2. The summed E-state index contributed by atoms with van der Waals surface area (Å²) in [5.41, 5.74) is 3.02. The van der Waals surface area contributed by atoms with Crippen LogP contribution < -0.4 is 15.3 Å². The van der Waals surface area contributed by atoms with Crippen LogP contribution in [0.4, 0.5) is 0 Å². The molecule has 242 valence electrons. The molecule has 0 amide bonds. The normalized spacial score (nSPS) is 13.8. The molecular formula is C40H26N4O5S. The van der Waals surface area contributed by atoms with E-state index < -0.39 is 10.1 Å². The van der Waals surface area contributed by atoms with Crippen LogP contribution in [-0.2, 0) is 10.1 Å². The standard InChI is InChI=1S/C36H14N4O5S.2C2H6/c41-35-17-11-9-15-16-10-12-18-28-20(34-38-22-6-2-4-8-24(22)40(34)36(18)42)14-26-32(30(16)28)31-25(45-46(26,43)44)13-19(27(17)29(15)31)33-37-21-5-1-3-7-23(21)39(33)35;2*1-2/h1-14H;2*1-2H3. The lowest BCUT2D eigenvalue weighted by Gasteiger charge is -2.25. The summed E-state index contributed by atoms with van der Waals surface area (Å²) in [6, 6.07) is 25.5. The Labute approximate surface area is 282 Å². The molecule has 50 heavy (non-hydrogen) atoms. The van der Waals surface area contributed by atoms with Crippen LogP contribution in [0.3, 0.4) is 0 Å². The molecule has 4 aromatic heterocycles.